The van der Waals surface area contributed by atoms with Crippen molar-refractivity contribution in [1.29, 1.82) is 0 Å². The lowest BCUT2D eigenvalue weighted by Gasteiger charge is -2.36. The lowest BCUT2D eigenvalue weighted by atomic mass is 9.94. The van der Waals surface area contributed by atoms with Gasteiger partial charge in [0, 0.05) is 47.9 Å². The van der Waals surface area contributed by atoms with E-state index in [2.05, 4.69) is 21.8 Å². The Morgan fingerprint density at radius 1 is 0.892 bits per heavy atom. The molecule has 5 rings (SSSR count). The van der Waals surface area contributed by atoms with Gasteiger partial charge in [0.1, 0.15) is 5.56 Å². The molecule has 2 saturated heterocycles. The van der Waals surface area contributed by atoms with E-state index in [0.717, 1.165) is 31.2 Å². The standard InChI is InChI=1S/C24H31N3O2.C4H4O4/c1-26-18-11-12-19(26)14-16(13-18)25-24(29)21-15-27(17-7-3-2-4-8-17)22-10-6-5-9-20(22)23(21)28;5-3(6)1-2-4(7)8/h5-6,9-10,15-19H,2-4,7-8,11-14H2,1H3,(H,25,29);1-2H,(H,5,6)(H,7,8). The van der Waals surface area contributed by atoms with Crippen LogP contribution >= 0.6 is 0 Å². The first-order valence-corrected chi connectivity index (χ1v) is 13.0. The van der Waals surface area contributed by atoms with Gasteiger partial charge in [-0.1, -0.05) is 31.4 Å². The minimum absolute atomic E-state index is 0.138. The number of piperidine rings is 1. The number of carbonyl (C=O) groups is 3. The van der Waals surface area contributed by atoms with Crippen molar-refractivity contribution in [2.45, 2.75) is 82.0 Å². The second-order valence-corrected chi connectivity index (χ2v) is 10.3. The topological polar surface area (TPSA) is 129 Å². The van der Waals surface area contributed by atoms with E-state index >= 15 is 0 Å². The van der Waals surface area contributed by atoms with Gasteiger partial charge in [0.2, 0.25) is 5.43 Å². The van der Waals surface area contributed by atoms with Crippen molar-refractivity contribution in [3.63, 3.8) is 0 Å². The fraction of sp³-hybridized carbons (Fsp3) is 0.500. The van der Waals surface area contributed by atoms with E-state index in [1.807, 2.05) is 30.5 Å². The Morgan fingerprint density at radius 3 is 2.08 bits per heavy atom. The number of aliphatic carboxylic acids is 2. The third-order valence-electron chi connectivity index (χ3n) is 7.95. The molecule has 1 aliphatic carbocycles. The van der Waals surface area contributed by atoms with Crippen LogP contribution in [0.5, 0.6) is 0 Å². The molecule has 198 valence electrons. The van der Waals surface area contributed by atoms with Crippen LogP contribution in [-0.4, -0.2) is 62.7 Å². The molecule has 3 fully saturated rings. The Hall–Kier alpha value is -3.46. The van der Waals surface area contributed by atoms with Crippen molar-refractivity contribution in [3.05, 3.63) is 58.4 Å². The first-order chi connectivity index (χ1) is 17.7. The van der Waals surface area contributed by atoms with Gasteiger partial charge < -0.3 is 25.0 Å². The Bertz CT molecular complexity index is 1220. The SMILES string of the molecule is CN1C2CCC1CC(NC(=O)c1cn(C3CCCCC3)c3ccccc3c1=O)C2.O=C(O)C=CC(=O)O. The van der Waals surface area contributed by atoms with Crippen molar-refractivity contribution in [2.75, 3.05) is 7.05 Å². The Labute approximate surface area is 215 Å². The molecule has 3 aliphatic rings. The number of nitrogens with zero attached hydrogens (tertiary/aromatic N) is 2. The van der Waals surface area contributed by atoms with Gasteiger partial charge in [0.05, 0.1) is 5.52 Å². The molecule has 9 nitrogen and oxygen atoms in total. The molecule has 1 aromatic carbocycles. The highest BCUT2D eigenvalue weighted by molar-refractivity contribution is 5.97. The smallest absolute Gasteiger partial charge is 0.328 e. The van der Waals surface area contributed by atoms with E-state index in [4.69, 9.17) is 10.2 Å². The number of pyridine rings is 1. The largest absolute Gasteiger partial charge is 0.478 e. The number of carboxylic acids is 2. The zero-order valence-electron chi connectivity index (χ0n) is 21.1. The summed E-state index contributed by atoms with van der Waals surface area (Å²) < 4.78 is 2.21. The average Bonchev–Trinajstić information content (AvgIpc) is 3.09. The summed E-state index contributed by atoms with van der Waals surface area (Å²) >= 11 is 0. The summed E-state index contributed by atoms with van der Waals surface area (Å²) in [5.41, 5.74) is 1.12. The highest BCUT2D eigenvalue weighted by Gasteiger charge is 2.39. The molecular formula is C28H35N3O6. The van der Waals surface area contributed by atoms with Gasteiger partial charge in [-0.15, -0.1) is 0 Å². The van der Waals surface area contributed by atoms with Gasteiger partial charge in [0.25, 0.3) is 5.91 Å². The number of carbonyl (C=O) groups excluding carboxylic acids is 1. The summed E-state index contributed by atoms with van der Waals surface area (Å²) in [4.78, 5) is 47.9. The number of rotatable bonds is 5. The van der Waals surface area contributed by atoms with Crippen LogP contribution in [0.15, 0.2) is 47.4 Å². The fourth-order valence-corrected chi connectivity index (χ4v) is 6.06. The Morgan fingerprint density at radius 2 is 1.49 bits per heavy atom. The van der Waals surface area contributed by atoms with Crippen LogP contribution in [0.4, 0.5) is 0 Å². The van der Waals surface area contributed by atoms with Crippen molar-refractivity contribution in [3.8, 4) is 0 Å². The number of hydrogen-bond donors (Lipinski definition) is 3. The van der Waals surface area contributed by atoms with Gasteiger partial charge in [-0.2, -0.15) is 0 Å². The first kappa shape index (κ1) is 26.6. The number of carboxylic acid groups (broad SMARTS) is 2. The summed E-state index contributed by atoms with van der Waals surface area (Å²) in [5.74, 6) is -2.71. The maximum atomic E-state index is 13.2. The minimum atomic E-state index is -1.26. The van der Waals surface area contributed by atoms with Crippen LogP contribution in [0.1, 0.15) is 74.2 Å². The summed E-state index contributed by atoms with van der Waals surface area (Å²) in [7, 11) is 2.20. The molecule has 2 aromatic rings. The van der Waals surface area contributed by atoms with Crippen molar-refractivity contribution < 1.29 is 24.6 Å². The van der Waals surface area contributed by atoms with E-state index in [-0.39, 0.29) is 17.4 Å². The second-order valence-electron chi connectivity index (χ2n) is 10.3. The molecule has 3 heterocycles. The molecule has 2 bridgehead atoms. The predicted octanol–water partition coefficient (Wildman–Crippen LogP) is 3.57. The summed E-state index contributed by atoms with van der Waals surface area (Å²) in [5, 5.41) is 19.5. The number of nitrogens with one attached hydrogen (secondary N) is 1. The maximum Gasteiger partial charge on any atom is 0.328 e. The molecule has 9 heteroatoms. The molecule has 3 N–H and O–H groups in total. The number of fused-ring (bicyclic) bond motifs is 3. The second kappa shape index (κ2) is 11.7. The van der Waals surface area contributed by atoms with E-state index in [1.54, 1.807) is 0 Å². The summed E-state index contributed by atoms with van der Waals surface area (Å²) in [6, 6.07) is 9.43. The molecule has 2 atom stereocenters. The van der Waals surface area contributed by atoms with Crippen molar-refractivity contribution >= 4 is 28.7 Å². The van der Waals surface area contributed by atoms with Gasteiger partial charge in [-0.3, -0.25) is 9.59 Å². The number of aromatic nitrogens is 1. The quantitative estimate of drug-likeness (QED) is 0.526. The number of amides is 1. The molecule has 1 amide bonds. The van der Waals surface area contributed by atoms with Crippen LogP contribution in [0.3, 0.4) is 0 Å². The number of benzene rings is 1. The average molecular weight is 510 g/mol. The Balaban J connectivity index is 0.000000349. The monoisotopic (exact) mass is 509 g/mol. The van der Waals surface area contributed by atoms with Crippen molar-refractivity contribution in [1.82, 2.24) is 14.8 Å². The predicted molar refractivity (Wildman–Crippen MR) is 140 cm³/mol. The first-order valence-electron chi connectivity index (χ1n) is 13.0. The van der Waals surface area contributed by atoms with E-state index in [0.29, 0.717) is 41.2 Å². The lowest BCUT2D eigenvalue weighted by molar-refractivity contribution is -0.134. The minimum Gasteiger partial charge on any atom is -0.478 e. The third kappa shape index (κ3) is 6.28. The van der Waals surface area contributed by atoms with E-state index < -0.39 is 11.9 Å². The van der Waals surface area contributed by atoms with Crippen LogP contribution in [0.25, 0.3) is 10.9 Å². The fourth-order valence-electron chi connectivity index (χ4n) is 6.06. The van der Waals surface area contributed by atoms with Crippen LogP contribution in [0.2, 0.25) is 0 Å². The number of para-hydroxylation sites is 1. The molecule has 0 radical (unpaired) electrons. The van der Waals surface area contributed by atoms with Crippen LogP contribution in [0, 0.1) is 0 Å². The van der Waals surface area contributed by atoms with Crippen molar-refractivity contribution in [2.24, 2.45) is 0 Å². The van der Waals surface area contributed by atoms with Gasteiger partial charge in [0.15, 0.2) is 0 Å². The highest BCUT2D eigenvalue weighted by atomic mass is 16.4. The molecule has 1 aromatic heterocycles. The zero-order chi connectivity index (χ0) is 26.5. The summed E-state index contributed by atoms with van der Waals surface area (Å²) in [6.07, 6.45) is 13.3. The number of hydrogen-bond acceptors (Lipinski definition) is 5. The van der Waals surface area contributed by atoms with Gasteiger partial charge in [-0.25, -0.2) is 9.59 Å². The maximum absolute atomic E-state index is 13.2. The highest BCUT2D eigenvalue weighted by Crippen LogP contribution is 2.34. The third-order valence-corrected chi connectivity index (χ3v) is 7.95. The normalized spacial score (nSPS) is 24.0. The Kier molecular flexibility index (Phi) is 8.43. The molecule has 0 spiro atoms. The molecule has 2 aliphatic heterocycles. The van der Waals surface area contributed by atoms with Gasteiger partial charge >= 0.3 is 11.9 Å². The van der Waals surface area contributed by atoms with E-state index in [9.17, 15) is 19.2 Å². The van der Waals surface area contributed by atoms with Crippen LogP contribution < -0.4 is 10.7 Å². The molecule has 2 unspecified atom stereocenters. The van der Waals surface area contributed by atoms with E-state index in [1.165, 1.54) is 32.1 Å². The lowest BCUT2D eigenvalue weighted by Crippen LogP contribution is -2.49. The molecular weight excluding hydrogens is 474 g/mol. The van der Waals surface area contributed by atoms with Crippen LogP contribution in [-0.2, 0) is 9.59 Å². The summed E-state index contributed by atoms with van der Waals surface area (Å²) in [6.45, 7) is 0. The molecule has 37 heavy (non-hydrogen) atoms. The molecule has 1 saturated carbocycles. The zero-order valence-corrected chi connectivity index (χ0v) is 21.1. The van der Waals surface area contributed by atoms with Gasteiger partial charge in [-0.05, 0) is 57.7 Å².